The Morgan fingerprint density at radius 2 is 2.26 bits per heavy atom. The first-order valence-electron chi connectivity index (χ1n) is 6.34. The normalized spacial score (nSPS) is 14.7. The third-order valence-corrected chi connectivity index (χ3v) is 4.45. The average molecular weight is 300 g/mol. The fourth-order valence-electron chi connectivity index (χ4n) is 1.99. The van der Waals surface area contributed by atoms with E-state index in [0.29, 0.717) is 18.1 Å². The number of halogens is 1. The van der Waals surface area contributed by atoms with Crippen molar-refractivity contribution in [3.63, 3.8) is 0 Å². The van der Waals surface area contributed by atoms with Gasteiger partial charge >= 0.3 is 0 Å². The van der Waals surface area contributed by atoms with Gasteiger partial charge in [-0.15, -0.1) is 11.6 Å². The van der Waals surface area contributed by atoms with Crippen LogP contribution in [0.15, 0.2) is 12.3 Å². The molecule has 0 N–H and O–H groups in total. The zero-order chi connectivity index (χ0) is 14.0. The van der Waals surface area contributed by atoms with E-state index in [1.54, 1.807) is 0 Å². The molecule has 2 aromatic rings. The van der Waals surface area contributed by atoms with Crippen molar-refractivity contribution in [2.45, 2.75) is 32.7 Å². The second-order valence-electron chi connectivity index (χ2n) is 4.53. The van der Waals surface area contributed by atoms with Gasteiger partial charge in [0.15, 0.2) is 5.65 Å². The van der Waals surface area contributed by atoms with E-state index in [0.717, 1.165) is 22.6 Å². The molecule has 0 amide bonds. The molecule has 2 unspecified atom stereocenters. The SMILES string of the molecule is CCS(=O)CCn1c(C(C)Cl)nc2cc(C)cnc21. The molecule has 0 aliphatic carbocycles. The van der Waals surface area contributed by atoms with Crippen molar-refractivity contribution in [3.8, 4) is 0 Å². The van der Waals surface area contributed by atoms with Gasteiger partial charge in [-0.25, -0.2) is 9.97 Å². The summed E-state index contributed by atoms with van der Waals surface area (Å²) >= 11 is 6.18. The summed E-state index contributed by atoms with van der Waals surface area (Å²) in [7, 11) is -0.800. The third-order valence-electron chi connectivity index (χ3n) is 2.97. The molecule has 0 aliphatic heterocycles. The molecular weight excluding hydrogens is 282 g/mol. The molecule has 0 aromatic carbocycles. The Labute approximate surface area is 120 Å². The van der Waals surface area contributed by atoms with Crippen LogP contribution in [-0.4, -0.2) is 30.2 Å². The smallest absolute Gasteiger partial charge is 0.160 e. The van der Waals surface area contributed by atoms with Gasteiger partial charge in [-0.1, -0.05) is 6.92 Å². The zero-order valence-electron chi connectivity index (χ0n) is 11.4. The Hall–Kier alpha value is -0.940. The number of rotatable bonds is 5. The van der Waals surface area contributed by atoms with E-state index in [-0.39, 0.29) is 5.38 Å². The summed E-state index contributed by atoms with van der Waals surface area (Å²) in [6.07, 6.45) is 1.82. The van der Waals surface area contributed by atoms with E-state index in [1.165, 1.54) is 0 Å². The lowest BCUT2D eigenvalue weighted by Crippen LogP contribution is -2.12. The topological polar surface area (TPSA) is 47.8 Å². The van der Waals surface area contributed by atoms with Crippen molar-refractivity contribution in [3.05, 3.63) is 23.7 Å². The van der Waals surface area contributed by atoms with Crippen LogP contribution >= 0.6 is 11.6 Å². The van der Waals surface area contributed by atoms with Crippen molar-refractivity contribution in [2.75, 3.05) is 11.5 Å². The van der Waals surface area contributed by atoms with E-state index in [2.05, 4.69) is 9.97 Å². The minimum absolute atomic E-state index is 0.190. The van der Waals surface area contributed by atoms with E-state index in [9.17, 15) is 4.21 Å². The lowest BCUT2D eigenvalue weighted by molar-refractivity contribution is 0.668. The summed E-state index contributed by atoms with van der Waals surface area (Å²) in [5.41, 5.74) is 2.74. The van der Waals surface area contributed by atoms with Crippen LogP contribution in [-0.2, 0) is 17.3 Å². The Kier molecular flexibility index (Phi) is 4.58. The molecule has 2 heterocycles. The summed E-state index contributed by atoms with van der Waals surface area (Å²) in [6, 6.07) is 2.00. The third kappa shape index (κ3) is 3.15. The van der Waals surface area contributed by atoms with E-state index in [4.69, 9.17) is 11.6 Å². The maximum atomic E-state index is 11.6. The van der Waals surface area contributed by atoms with Gasteiger partial charge in [0.2, 0.25) is 0 Å². The number of nitrogens with zero attached hydrogens (tertiary/aromatic N) is 3. The minimum atomic E-state index is -0.800. The Bertz CT molecular complexity index is 609. The van der Waals surface area contributed by atoms with Crippen LogP contribution in [0.4, 0.5) is 0 Å². The van der Waals surface area contributed by atoms with Gasteiger partial charge in [0.25, 0.3) is 0 Å². The van der Waals surface area contributed by atoms with Crippen molar-refractivity contribution >= 4 is 33.6 Å². The van der Waals surface area contributed by atoms with Gasteiger partial charge in [0.1, 0.15) is 11.3 Å². The molecule has 0 saturated heterocycles. The molecule has 0 radical (unpaired) electrons. The number of imidazole rings is 1. The first-order chi connectivity index (χ1) is 9.02. The molecule has 0 bridgehead atoms. The van der Waals surface area contributed by atoms with Crippen LogP contribution in [0.1, 0.15) is 30.6 Å². The lowest BCUT2D eigenvalue weighted by atomic mass is 10.3. The van der Waals surface area contributed by atoms with Gasteiger partial charge in [-0.05, 0) is 25.5 Å². The van der Waals surface area contributed by atoms with Crippen molar-refractivity contribution in [1.82, 2.24) is 14.5 Å². The predicted octanol–water partition coefficient (Wildman–Crippen LogP) is 2.81. The van der Waals surface area contributed by atoms with Crippen LogP contribution < -0.4 is 0 Å². The molecule has 0 fully saturated rings. The van der Waals surface area contributed by atoms with Crippen molar-refractivity contribution in [2.24, 2.45) is 0 Å². The standard InChI is InChI=1S/C13H18ClN3OS/c1-4-19(18)6-5-17-12(10(3)14)16-11-7-9(2)8-15-13(11)17/h7-8,10H,4-6H2,1-3H3. The summed E-state index contributed by atoms with van der Waals surface area (Å²) in [4.78, 5) is 8.98. The molecule has 2 atom stereocenters. The van der Waals surface area contributed by atoms with E-state index < -0.39 is 10.8 Å². The second-order valence-corrected chi connectivity index (χ2v) is 7.05. The highest BCUT2D eigenvalue weighted by molar-refractivity contribution is 7.84. The summed E-state index contributed by atoms with van der Waals surface area (Å²) < 4.78 is 13.6. The van der Waals surface area contributed by atoms with E-state index in [1.807, 2.05) is 37.6 Å². The highest BCUT2D eigenvalue weighted by atomic mass is 35.5. The maximum Gasteiger partial charge on any atom is 0.160 e. The fourth-order valence-corrected chi connectivity index (χ4v) is 2.83. The minimum Gasteiger partial charge on any atom is -0.311 e. The molecule has 0 aliphatic rings. The summed E-state index contributed by atoms with van der Waals surface area (Å²) in [5, 5.41) is -0.190. The van der Waals surface area contributed by atoms with Crippen LogP contribution in [0.25, 0.3) is 11.2 Å². The highest BCUT2D eigenvalue weighted by Crippen LogP contribution is 2.23. The predicted molar refractivity (Wildman–Crippen MR) is 80.1 cm³/mol. The molecule has 6 heteroatoms. The highest BCUT2D eigenvalue weighted by Gasteiger charge is 2.16. The van der Waals surface area contributed by atoms with Crippen LogP contribution in [0.3, 0.4) is 0 Å². The van der Waals surface area contributed by atoms with Gasteiger partial charge < -0.3 is 4.57 Å². The number of pyridine rings is 1. The van der Waals surface area contributed by atoms with Crippen LogP contribution in [0.2, 0.25) is 0 Å². The molecule has 2 rings (SSSR count). The Morgan fingerprint density at radius 3 is 2.89 bits per heavy atom. The monoisotopic (exact) mass is 299 g/mol. The molecular formula is C13H18ClN3OS. The quantitative estimate of drug-likeness (QED) is 0.798. The average Bonchev–Trinajstić information content (AvgIpc) is 2.73. The Balaban J connectivity index is 2.43. The summed E-state index contributed by atoms with van der Waals surface area (Å²) in [5.74, 6) is 2.07. The molecule has 0 saturated carbocycles. The number of hydrogen-bond donors (Lipinski definition) is 0. The molecule has 4 nitrogen and oxygen atoms in total. The maximum absolute atomic E-state index is 11.6. The fraction of sp³-hybridized carbons (Fsp3) is 0.538. The van der Waals surface area contributed by atoms with Crippen molar-refractivity contribution in [1.29, 1.82) is 0 Å². The number of alkyl halides is 1. The number of aromatic nitrogens is 3. The number of hydrogen-bond acceptors (Lipinski definition) is 3. The van der Waals surface area contributed by atoms with Gasteiger partial charge in [0, 0.05) is 35.0 Å². The lowest BCUT2D eigenvalue weighted by Gasteiger charge is -2.09. The largest absolute Gasteiger partial charge is 0.311 e. The Morgan fingerprint density at radius 1 is 1.53 bits per heavy atom. The van der Waals surface area contributed by atoms with Gasteiger partial charge in [0.05, 0.1) is 5.38 Å². The van der Waals surface area contributed by atoms with Gasteiger partial charge in [-0.2, -0.15) is 0 Å². The first kappa shape index (κ1) is 14.5. The molecule has 104 valence electrons. The second kappa shape index (κ2) is 6.01. The molecule has 0 spiro atoms. The van der Waals surface area contributed by atoms with Crippen LogP contribution in [0.5, 0.6) is 0 Å². The molecule has 19 heavy (non-hydrogen) atoms. The van der Waals surface area contributed by atoms with Crippen LogP contribution in [0, 0.1) is 6.92 Å². The number of aryl methyl sites for hydroxylation is 2. The van der Waals surface area contributed by atoms with Crippen molar-refractivity contribution < 1.29 is 4.21 Å². The molecule has 2 aromatic heterocycles. The van der Waals surface area contributed by atoms with E-state index >= 15 is 0 Å². The number of fused-ring (bicyclic) bond motifs is 1. The zero-order valence-corrected chi connectivity index (χ0v) is 13.0. The van der Waals surface area contributed by atoms with Gasteiger partial charge in [-0.3, -0.25) is 4.21 Å². The summed E-state index contributed by atoms with van der Waals surface area (Å²) in [6.45, 7) is 6.44. The first-order valence-corrected chi connectivity index (χ1v) is 8.27.